The van der Waals surface area contributed by atoms with Gasteiger partial charge in [-0.3, -0.25) is 0 Å². The van der Waals surface area contributed by atoms with Gasteiger partial charge in [0.1, 0.15) is 6.10 Å². The Morgan fingerprint density at radius 1 is 1.50 bits per heavy atom. The van der Waals surface area contributed by atoms with Crippen LogP contribution in [0.25, 0.3) is 10.4 Å². The molecule has 0 aromatic heterocycles. The number of aliphatic hydroxyl groups excluding tert-OH is 2. The van der Waals surface area contributed by atoms with Gasteiger partial charge >= 0.3 is 0 Å². The summed E-state index contributed by atoms with van der Waals surface area (Å²) in [7, 11) is 0. The first-order valence-corrected chi connectivity index (χ1v) is 5.07. The summed E-state index contributed by atoms with van der Waals surface area (Å²) in [5.74, 6) is 0. The SMILES string of the molecule is Cc1cccc(C(O)C(O)CN=[N+]=[N-])c1Cl. The number of halogens is 1. The van der Waals surface area contributed by atoms with E-state index in [2.05, 4.69) is 10.0 Å². The number of benzene rings is 1. The quantitative estimate of drug-likeness (QED) is 0.481. The third-order valence-corrected chi connectivity index (χ3v) is 2.75. The molecule has 0 bridgehead atoms. The molecule has 0 aliphatic heterocycles. The van der Waals surface area contributed by atoms with Crippen LogP contribution in [-0.2, 0) is 0 Å². The standard InChI is InChI=1S/C10H12ClN3O2/c1-6-3-2-4-7(9(6)11)10(16)8(15)5-13-14-12/h2-4,8,10,15-16H,5H2,1H3. The highest BCUT2D eigenvalue weighted by Gasteiger charge is 2.20. The number of hydrogen-bond acceptors (Lipinski definition) is 3. The van der Waals surface area contributed by atoms with Gasteiger partial charge in [0.2, 0.25) is 0 Å². The molecule has 0 aliphatic rings. The van der Waals surface area contributed by atoms with Gasteiger partial charge in [-0.2, -0.15) is 0 Å². The van der Waals surface area contributed by atoms with E-state index in [4.69, 9.17) is 17.1 Å². The van der Waals surface area contributed by atoms with Crippen LogP contribution >= 0.6 is 11.6 Å². The molecule has 0 amide bonds. The maximum atomic E-state index is 9.80. The van der Waals surface area contributed by atoms with Gasteiger partial charge in [-0.1, -0.05) is 34.9 Å². The normalized spacial score (nSPS) is 14.0. The number of aryl methyl sites for hydroxylation is 1. The molecule has 1 rings (SSSR count). The molecule has 0 aliphatic carbocycles. The first-order valence-electron chi connectivity index (χ1n) is 4.70. The van der Waals surface area contributed by atoms with Gasteiger partial charge in [-0.25, -0.2) is 0 Å². The Balaban J connectivity index is 2.91. The molecule has 2 N–H and O–H groups in total. The number of azide groups is 1. The smallest absolute Gasteiger partial charge is 0.106 e. The molecule has 0 saturated heterocycles. The Hall–Kier alpha value is -1.26. The van der Waals surface area contributed by atoms with Crippen molar-refractivity contribution in [1.29, 1.82) is 0 Å². The van der Waals surface area contributed by atoms with Crippen molar-refractivity contribution in [2.45, 2.75) is 19.1 Å². The van der Waals surface area contributed by atoms with E-state index in [0.717, 1.165) is 5.56 Å². The molecule has 0 radical (unpaired) electrons. The molecule has 0 saturated carbocycles. The van der Waals surface area contributed by atoms with Crippen LogP contribution in [0.5, 0.6) is 0 Å². The molecule has 1 aromatic carbocycles. The number of nitrogens with zero attached hydrogens (tertiary/aromatic N) is 3. The Bertz CT molecular complexity index is 419. The van der Waals surface area contributed by atoms with Crippen molar-refractivity contribution in [3.63, 3.8) is 0 Å². The number of hydrogen-bond donors (Lipinski definition) is 2. The molecule has 16 heavy (non-hydrogen) atoms. The van der Waals surface area contributed by atoms with Crippen LogP contribution in [0, 0.1) is 6.92 Å². The van der Waals surface area contributed by atoms with Crippen molar-refractivity contribution in [3.05, 3.63) is 44.8 Å². The van der Waals surface area contributed by atoms with E-state index in [1.165, 1.54) is 0 Å². The minimum absolute atomic E-state index is 0.193. The van der Waals surface area contributed by atoms with Crippen LogP contribution in [0.1, 0.15) is 17.2 Å². The molecule has 2 atom stereocenters. The first kappa shape index (κ1) is 12.8. The Labute approximate surface area is 97.9 Å². The highest BCUT2D eigenvalue weighted by atomic mass is 35.5. The van der Waals surface area contributed by atoms with Crippen molar-refractivity contribution >= 4 is 11.6 Å². The van der Waals surface area contributed by atoms with E-state index >= 15 is 0 Å². The molecule has 6 heteroatoms. The van der Waals surface area contributed by atoms with Gasteiger partial charge in [0.05, 0.1) is 12.6 Å². The van der Waals surface area contributed by atoms with E-state index < -0.39 is 12.2 Å². The minimum Gasteiger partial charge on any atom is -0.390 e. The van der Waals surface area contributed by atoms with Crippen molar-refractivity contribution < 1.29 is 10.2 Å². The van der Waals surface area contributed by atoms with Gasteiger partial charge in [-0.15, -0.1) is 0 Å². The Kier molecular flexibility index (Phi) is 4.58. The lowest BCUT2D eigenvalue weighted by atomic mass is 10.0. The summed E-state index contributed by atoms with van der Waals surface area (Å²) in [6, 6.07) is 5.16. The molecule has 0 spiro atoms. The summed E-state index contributed by atoms with van der Waals surface area (Å²) in [6.07, 6.45) is -2.31. The zero-order chi connectivity index (χ0) is 12.1. The lowest BCUT2D eigenvalue weighted by molar-refractivity contribution is 0.0244. The summed E-state index contributed by atoms with van der Waals surface area (Å²) in [5.41, 5.74) is 9.35. The summed E-state index contributed by atoms with van der Waals surface area (Å²) < 4.78 is 0. The molecule has 2 unspecified atom stereocenters. The third-order valence-electron chi connectivity index (χ3n) is 2.24. The van der Waals surface area contributed by atoms with Gasteiger partial charge in [0, 0.05) is 15.5 Å². The zero-order valence-electron chi connectivity index (χ0n) is 8.71. The van der Waals surface area contributed by atoms with E-state index in [9.17, 15) is 10.2 Å². The first-order chi connectivity index (χ1) is 7.57. The van der Waals surface area contributed by atoms with Crippen LogP contribution in [-0.4, -0.2) is 22.9 Å². The minimum atomic E-state index is -1.16. The fourth-order valence-corrected chi connectivity index (χ4v) is 1.56. The lowest BCUT2D eigenvalue weighted by Crippen LogP contribution is -2.21. The van der Waals surface area contributed by atoms with Gasteiger partial charge < -0.3 is 10.2 Å². The van der Waals surface area contributed by atoms with Crippen LogP contribution in [0.2, 0.25) is 5.02 Å². The van der Waals surface area contributed by atoms with Crippen molar-refractivity contribution in [1.82, 2.24) is 0 Å². The summed E-state index contributed by atoms with van der Waals surface area (Å²) in [5, 5.41) is 23.0. The van der Waals surface area contributed by atoms with Crippen LogP contribution in [0.15, 0.2) is 23.3 Å². The summed E-state index contributed by atoms with van der Waals surface area (Å²) in [6.45, 7) is 1.61. The van der Waals surface area contributed by atoms with Crippen molar-refractivity contribution in [2.24, 2.45) is 5.11 Å². The predicted molar refractivity (Wildman–Crippen MR) is 61.2 cm³/mol. The van der Waals surface area contributed by atoms with Crippen LogP contribution in [0.3, 0.4) is 0 Å². The summed E-state index contributed by atoms with van der Waals surface area (Å²) >= 11 is 5.99. The highest BCUT2D eigenvalue weighted by Crippen LogP contribution is 2.28. The number of rotatable bonds is 4. The molecular formula is C10H12ClN3O2. The second-order valence-corrected chi connectivity index (χ2v) is 3.78. The van der Waals surface area contributed by atoms with Gasteiger partial charge in [0.15, 0.2) is 0 Å². The van der Waals surface area contributed by atoms with Gasteiger partial charge in [0.25, 0.3) is 0 Å². The maximum Gasteiger partial charge on any atom is 0.106 e. The van der Waals surface area contributed by atoms with Gasteiger partial charge in [-0.05, 0) is 18.0 Å². The topological polar surface area (TPSA) is 89.2 Å². The van der Waals surface area contributed by atoms with Crippen molar-refractivity contribution in [2.75, 3.05) is 6.54 Å². The molecule has 0 heterocycles. The monoisotopic (exact) mass is 241 g/mol. The summed E-state index contributed by atoms with van der Waals surface area (Å²) in [4.78, 5) is 2.51. The third kappa shape index (κ3) is 2.87. The zero-order valence-corrected chi connectivity index (χ0v) is 9.46. The maximum absolute atomic E-state index is 9.80. The van der Waals surface area contributed by atoms with Crippen LogP contribution in [0.4, 0.5) is 0 Å². The lowest BCUT2D eigenvalue weighted by Gasteiger charge is -2.18. The molecule has 0 fully saturated rings. The molecule has 5 nitrogen and oxygen atoms in total. The Morgan fingerprint density at radius 2 is 2.19 bits per heavy atom. The average molecular weight is 242 g/mol. The fraction of sp³-hybridized carbons (Fsp3) is 0.400. The van der Waals surface area contributed by atoms with Crippen molar-refractivity contribution in [3.8, 4) is 0 Å². The van der Waals surface area contributed by atoms with E-state index in [1.807, 2.05) is 0 Å². The highest BCUT2D eigenvalue weighted by molar-refractivity contribution is 6.32. The van der Waals surface area contributed by atoms with Crippen LogP contribution < -0.4 is 0 Å². The molecule has 1 aromatic rings. The predicted octanol–water partition coefficient (Wildman–Crippen LogP) is 2.35. The molecular weight excluding hydrogens is 230 g/mol. The number of aliphatic hydroxyl groups is 2. The fourth-order valence-electron chi connectivity index (χ4n) is 1.33. The Morgan fingerprint density at radius 3 is 2.81 bits per heavy atom. The average Bonchev–Trinajstić information content (AvgIpc) is 2.28. The van der Waals surface area contributed by atoms with E-state index in [-0.39, 0.29) is 6.54 Å². The second-order valence-electron chi connectivity index (χ2n) is 3.40. The largest absolute Gasteiger partial charge is 0.390 e. The second kappa shape index (κ2) is 5.72. The van der Waals surface area contributed by atoms with E-state index in [0.29, 0.717) is 10.6 Å². The molecule has 86 valence electrons. The van der Waals surface area contributed by atoms with E-state index in [1.54, 1.807) is 25.1 Å².